The summed E-state index contributed by atoms with van der Waals surface area (Å²) in [5.74, 6) is 0.781. The smallest absolute Gasteiger partial charge is 0.248 e. The molecule has 1 aromatic heterocycles. The van der Waals surface area contributed by atoms with Crippen LogP contribution in [0.3, 0.4) is 0 Å². The summed E-state index contributed by atoms with van der Waals surface area (Å²) < 4.78 is 0. The quantitative estimate of drug-likeness (QED) is 0.497. The number of nitrogens with two attached hydrogens (primary N) is 1. The summed E-state index contributed by atoms with van der Waals surface area (Å²) in [5, 5.41) is 12.1. The lowest BCUT2D eigenvalue weighted by Crippen LogP contribution is -2.48. The van der Waals surface area contributed by atoms with Crippen molar-refractivity contribution < 1.29 is 4.79 Å². The fourth-order valence-electron chi connectivity index (χ4n) is 4.52. The van der Waals surface area contributed by atoms with Gasteiger partial charge in [-0.15, -0.1) is 0 Å². The summed E-state index contributed by atoms with van der Waals surface area (Å²) in [4.78, 5) is 26.5. The maximum atomic E-state index is 11.1. The van der Waals surface area contributed by atoms with Crippen molar-refractivity contribution in [1.29, 1.82) is 5.26 Å². The molecular formula is C28H41ClN8O. The third kappa shape index (κ3) is 10.2. The van der Waals surface area contributed by atoms with Gasteiger partial charge in [0.15, 0.2) is 0 Å². The second kappa shape index (κ2) is 15.6. The highest BCUT2D eigenvalue weighted by Crippen LogP contribution is 2.17. The SMILES string of the molecule is CC(C)CNc1nc(C#N)ncc1Cl.NC(=O)c1ccc(CN2CCN(CCN3CCCCC3)CC2)cc1. The molecule has 0 saturated carbocycles. The number of amides is 1. The molecule has 2 aromatic rings. The first-order chi connectivity index (χ1) is 18.3. The van der Waals surface area contributed by atoms with E-state index in [1.54, 1.807) is 0 Å². The number of carbonyl (C=O) groups excluding carboxylic acids is 1. The average molecular weight is 541 g/mol. The zero-order valence-corrected chi connectivity index (χ0v) is 23.5. The third-order valence-electron chi connectivity index (χ3n) is 6.81. The number of primary amides is 1. The average Bonchev–Trinajstić information content (AvgIpc) is 2.93. The third-order valence-corrected chi connectivity index (χ3v) is 7.09. The Bertz CT molecular complexity index is 1040. The number of likely N-dealkylation sites (tertiary alicyclic amines) is 1. The molecule has 2 aliphatic rings. The van der Waals surface area contributed by atoms with E-state index in [4.69, 9.17) is 22.6 Å². The van der Waals surface area contributed by atoms with Gasteiger partial charge in [-0.2, -0.15) is 5.26 Å². The molecule has 0 bridgehead atoms. The normalized spacial score (nSPS) is 16.9. The Balaban J connectivity index is 0.000000244. The molecule has 206 valence electrons. The van der Waals surface area contributed by atoms with E-state index in [-0.39, 0.29) is 11.7 Å². The van der Waals surface area contributed by atoms with Crippen molar-refractivity contribution >= 4 is 23.3 Å². The lowest BCUT2D eigenvalue weighted by Gasteiger charge is -2.36. The Morgan fingerprint density at radius 1 is 1.03 bits per heavy atom. The summed E-state index contributed by atoms with van der Waals surface area (Å²) in [6, 6.07) is 9.55. The lowest BCUT2D eigenvalue weighted by atomic mass is 10.1. The second-order valence-corrected chi connectivity index (χ2v) is 10.8. The molecule has 0 radical (unpaired) electrons. The van der Waals surface area contributed by atoms with Crippen LogP contribution in [0.2, 0.25) is 5.02 Å². The van der Waals surface area contributed by atoms with E-state index in [2.05, 4.69) is 43.8 Å². The number of nitriles is 1. The molecule has 0 aliphatic carbocycles. The Labute approximate surface area is 232 Å². The maximum absolute atomic E-state index is 11.1. The molecule has 3 N–H and O–H groups in total. The van der Waals surface area contributed by atoms with Gasteiger partial charge in [-0.1, -0.05) is 44.0 Å². The highest BCUT2D eigenvalue weighted by atomic mass is 35.5. The van der Waals surface area contributed by atoms with Crippen molar-refractivity contribution in [3.63, 3.8) is 0 Å². The number of hydrogen-bond acceptors (Lipinski definition) is 8. The lowest BCUT2D eigenvalue weighted by molar-refractivity contribution is 0.1000. The number of piperazine rings is 1. The van der Waals surface area contributed by atoms with E-state index in [9.17, 15) is 4.79 Å². The van der Waals surface area contributed by atoms with E-state index in [0.717, 1.165) is 39.3 Å². The molecule has 0 spiro atoms. The molecule has 2 saturated heterocycles. The predicted octanol–water partition coefficient (Wildman–Crippen LogP) is 3.46. The van der Waals surface area contributed by atoms with Gasteiger partial charge in [-0.3, -0.25) is 14.6 Å². The van der Waals surface area contributed by atoms with Gasteiger partial charge in [-0.05, 0) is 49.5 Å². The van der Waals surface area contributed by atoms with Gasteiger partial charge < -0.3 is 16.0 Å². The number of carbonyl (C=O) groups is 1. The first-order valence-corrected chi connectivity index (χ1v) is 13.9. The van der Waals surface area contributed by atoms with Crippen LogP contribution in [-0.4, -0.2) is 89.5 Å². The van der Waals surface area contributed by atoms with Crippen LogP contribution in [0, 0.1) is 17.2 Å². The van der Waals surface area contributed by atoms with E-state index in [1.165, 1.54) is 57.2 Å². The van der Waals surface area contributed by atoms with Crippen LogP contribution in [0.1, 0.15) is 54.9 Å². The first kappa shape index (κ1) is 29.8. The van der Waals surface area contributed by atoms with Gasteiger partial charge >= 0.3 is 0 Å². The van der Waals surface area contributed by atoms with Crippen molar-refractivity contribution in [1.82, 2.24) is 24.7 Å². The summed E-state index contributed by atoms with van der Waals surface area (Å²) in [6.07, 6.45) is 5.59. The van der Waals surface area contributed by atoms with E-state index < -0.39 is 0 Å². The number of nitrogens with one attached hydrogen (secondary N) is 1. The monoisotopic (exact) mass is 540 g/mol. The number of hydrogen-bond donors (Lipinski definition) is 2. The summed E-state index contributed by atoms with van der Waals surface area (Å²) in [7, 11) is 0. The number of anilines is 1. The van der Waals surface area contributed by atoms with Gasteiger partial charge in [-0.25, -0.2) is 9.97 Å². The number of aromatic nitrogens is 2. The maximum Gasteiger partial charge on any atom is 0.248 e. The van der Waals surface area contributed by atoms with Crippen molar-refractivity contribution in [2.45, 2.75) is 39.7 Å². The highest BCUT2D eigenvalue weighted by molar-refractivity contribution is 6.32. The van der Waals surface area contributed by atoms with Gasteiger partial charge in [0, 0.05) is 57.9 Å². The molecule has 0 unspecified atom stereocenters. The largest absolute Gasteiger partial charge is 0.368 e. The van der Waals surface area contributed by atoms with Crippen LogP contribution < -0.4 is 11.1 Å². The zero-order chi connectivity index (χ0) is 27.3. The van der Waals surface area contributed by atoms with Crippen LogP contribution in [0.5, 0.6) is 0 Å². The Kier molecular flexibility index (Phi) is 12.2. The Hall–Kier alpha value is -2.77. The van der Waals surface area contributed by atoms with Crippen molar-refractivity contribution in [2.24, 2.45) is 11.7 Å². The number of halogens is 1. The summed E-state index contributed by atoms with van der Waals surface area (Å²) in [5.41, 5.74) is 7.12. The first-order valence-electron chi connectivity index (χ1n) is 13.6. The predicted molar refractivity (Wildman–Crippen MR) is 152 cm³/mol. The minimum absolute atomic E-state index is 0.126. The second-order valence-electron chi connectivity index (χ2n) is 10.4. The molecule has 2 fully saturated rings. The molecule has 1 amide bonds. The molecule has 1 aromatic carbocycles. The van der Waals surface area contributed by atoms with Gasteiger partial charge in [0.2, 0.25) is 11.7 Å². The molecule has 38 heavy (non-hydrogen) atoms. The van der Waals surface area contributed by atoms with Crippen LogP contribution in [-0.2, 0) is 6.54 Å². The van der Waals surface area contributed by atoms with Crippen molar-refractivity contribution in [3.05, 3.63) is 52.4 Å². The van der Waals surface area contributed by atoms with E-state index >= 15 is 0 Å². The molecule has 9 nitrogen and oxygen atoms in total. The molecule has 4 rings (SSSR count). The van der Waals surface area contributed by atoms with Gasteiger partial charge in [0.25, 0.3) is 0 Å². The van der Waals surface area contributed by atoms with Gasteiger partial charge in [0.05, 0.1) is 6.20 Å². The Morgan fingerprint density at radius 3 is 2.21 bits per heavy atom. The van der Waals surface area contributed by atoms with Crippen LogP contribution in [0.15, 0.2) is 30.5 Å². The number of benzene rings is 1. The number of piperidine rings is 1. The fourth-order valence-corrected chi connectivity index (χ4v) is 4.67. The fraction of sp³-hybridized carbons (Fsp3) is 0.571. The topological polar surface area (TPSA) is 114 Å². The standard InChI is InChI=1S/C19H30N4O.C9H11ClN4/c20-19(24)18-6-4-17(5-7-18)16-23-14-12-22(13-15-23)11-10-21-8-2-1-3-9-21;1-6(2)4-13-9-7(10)5-12-8(3-11)14-9/h4-7H,1-3,8-16H2,(H2,20,24);5-6H,4H2,1-2H3,(H,12,13,14). The van der Waals surface area contributed by atoms with Crippen LogP contribution in [0.25, 0.3) is 0 Å². The minimum Gasteiger partial charge on any atom is -0.368 e. The van der Waals surface area contributed by atoms with E-state index in [1.807, 2.05) is 30.3 Å². The Morgan fingerprint density at radius 2 is 1.63 bits per heavy atom. The van der Waals surface area contributed by atoms with Gasteiger partial charge in [0.1, 0.15) is 16.9 Å². The van der Waals surface area contributed by atoms with E-state index in [0.29, 0.717) is 22.3 Å². The highest BCUT2D eigenvalue weighted by Gasteiger charge is 2.18. The minimum atomic E-state index is -0.358. The molecule has 2 aliphatic heterocycles. The molecule has 0 atom stereocenters. The summed E-state index contributed by atoms with van der Waals surface area (Å²) >= 11 is 5.84. The van der Waals surface area contributed by atoms with Crippen molar-refractivity contribution in [3.8, 4) is 6.07 Å². The molecular weight excluding hydrogens is 500 g/mol. The zero-order valence-electron chi connectivity index (χ0n) is 22.7. The van der Waals surface area contributed by atoms with Crippen LogP contribution in [0.4, 0.5) is 5.82 Å². The summed E-state index contributed by atoms with van der Waals surface area (Å²) in [6.45, 7) is 15.5. The molecule has 10 heteroatoms. The number of rotatable bonds is 9. The van der Waals surface area contributed by atoms with Crippen molar-refractivity contribution in [2.75, 3.05) is 64.2 Å². The number of nitrogens with zero attached hydrogens (tertiary/aromatic N) is 6. The van der Waals surface area contributed by atoms with Crippen LogP contribution >= 0.6 is 11.6 Å². The molecule has 3 heterocycles.